The summed E-state index contributed by atoms with van der Waals surface area (Å²) in [5.74, 6) is 1.04. The quantitative estimate of drug-likeness (QED) is 0.850. The molecule has 2 N–H and O–H groups in total. The lowest BCUT2D eigenvalue weighted by Gasteiger charge is -2.33. The Bertz CT molecular complexity index is 353. The van der Waals surface area contributed by atoms with Gasteiger partial charge in [0.15, 0.2) is 0 Å². The molecule has 1 aromatic heterocycles. The van der Waals surface area contributed by atoms with Crippen LogP contribution in [0.1, 0.15) is 44.4 Å². The van der Waals surface area contributed by atoms with Crippen LogP contribution in [0.25, 0.3) is 0 Å². The SMILES string of the molecule is CCOC1(c2noc([C@H](C)N)n2)CCOCC1. The second-order valence-corrected chi connectivity index (χ2v) is 4.28. The minimum absolute atomic E-state index is 0.255. The van der Waals surface area contributed by atoms with Gasteiger partial charge in [-0.1, -0.05) is 5.16 Å². The summed E-state index contributed by atoms with van der Waals surface area (Å²) in [6, 6.07) is -0.255. The van der Waals surface area contributed by atoms with Gasteiger partial charge in [-0.15, -0.1) is 0 Å². The van der Waals surface area contributed by atoms with Crippen molar-refractivity contribution in [1.82, 2.24) is 10.1 Å². The van der Waals surface area contributed by atoms with Crippen LogP contribution in [0.2, 0.25) is 0 Å². The Labute approximate surface area is 100 Å². The number of nitrogens with zero attached hydrogens (tertiary/aromatic N) is 2. The first-order valence-corrected chi connectivity index (χ1v) is 5.99. The number of rotatable bonds is 4. The predicted molar refractivity (Wildman–Crippen MR) is 60.3 cm³/mol. The normalized spacial score (nSPS) is 21.4. The van der Waals surface area contributed by atoms with Crippen molar-refractivity contribution in [1.29, 1.82) is 0 Å². The Morgan fingerprint density at radius 1 is 1.47 bits per heavy atom. The minimum atomic E-state index is -0.469. The van der Waals surface area contributed by atoms with E-state index in [1.807, 2.05) is 13.8 Å². The monoisotopic (exact) mass is 241 g/mol. The van der Waals surface area contributed by atoms with E-state index < -0.39 is 5.60 Å². The Morgan fingerprint density at radius 2 is 2.18 bits per heavy atom. The van der Waals surface area contributed by atoms with Crippen LogP contribution in [0, 0.1) is 0 Å². The smallest absolute Gasteiger partial charge is 0.243 e. The summed E-state index contributed by atoms with van der Waals surface area (Å²) in [6.45, 7) is 5.70. The summed E-state index contributed by atoms with van der Waals surface area (Å²) >= 11 is 0. The van der Waals surface area contributed by atoms with E-state index in [0.717, 1.165) is 12.8 Å². The van der Waals surface area contributed by atoms with Crippen molar-refractivity contribution >= 4 is 0 Å². The van der Waals surface area contributed by atoms with Crippen LogP contribution in [0.3, 0.4) is 0 Å². The molecule has 0 aliphatic carbocycles. The third-order valence-corrected chi connectivity index (χ3v) is 2.96. The van der Waals surface area contributed by atoms with Gasteiger partial charge >= 0.3 is 0 Å². The van der Waals surface area contributed by atoms with Gasteiger partial charge < -0.3 is 19.7 Å². The molecule has 1 aliphatic heterocycles. The minimum Gasteiger partial charge on any atom is -0.381 e. The molecule has 1 aromatic rings. The number of ether oxygens (including phenoxy) is 2. The highest BCUT2D eigenvalue weighted by Crippen LogP contribution is 2.34. The molecule has 0 amide bonds. The largest absolute Gasteiger partial charge is 0.381 e. The van der Waals surface area contributed by atoms with Gasteiger partial charge in [0.05, 0.1) is 6.04 Å². The number of aromatic nitrogens is 2. The lowest BCUT2D eigenvalue weighted by molar-refractivity contribution is -0.118. The van der Waals surface area contributed by atoms with Gasteiger partial charge in [0.2, 0.25) is 11.7 Å². The molecule has 1 aliphatic rings. The molecule has 96 valence electrons. The maximum atomic E-state index is 5.84. The average molecular weight is 241 g/mol. The van der Waals surface area contributed by atoms with E-state index in [1.54, 1.807) is 0 Å². The first kappa shape index (κ1) is 12.5. The van der Waals surface area contributed by atoms with Crippen molar-refractivity contribution in [3.05, 3.63) is 11.7 Å². The van der Waals surface area contributed by atoms with Crippen LogP contribution >= 0.6 is 0 Å². The van der Waals surface area contributed by atoms with Gasteiger partial charge in [0.25, 0.3) is 0 Å². The molecule has 0 spiro atoms. The maximum absolute atomic E-state index is 5.84. The summed E-state index contributed by atoms with van der Waals surface area (Å²) in [7, 11) is 0. The van der Waals surface area contributed by atoms with Crippen LogP contribution < -0.4 is 5.73 Å². The molecule has 2 heterocycles. The molecule has 1 saturated heterocycles. The molecular formula is C11H19N3O3. The Kier molecular flexibility index (Phi) is 3.76. The van der Waals surface area contributed by atoms with E-state index in [1.165, 1.54) is 0 Å². The first-order chi connectivity index (χ1) is 8.18. The first-order valence-electron chi connectivity index (χ1n) is 5.99. The molecule has 1 atom stereocenters. The molecule has 0 bridgehead atoms. The van der Waals surface area contributed by atoms with E-state index >= 15 is 0 Å². The van der Waals surface area contributed by atoms with Gasteiger partial charge in [-0.2, -0.15) is 4.98 Å². The number of nitrogens with two attached hydrogens (primary N) is 1. The molecule has 0 aromatic carbocycles. The summed E-state index contributed by atoms with van der Waals surface area (Å²) < 4.78 is 16.3. The second-order valence-electron chi connectivity index (χ2n) is 4.28. The lowest BCUT2D eigenvalue weighted by Crippen LogP contribution is -2.37. The standard InChI is InChI=1S/C11H19N3O3/c1-3-16-11(4-6-15-7-5-11)10-13-9(8(2)12)17-14-10/h8H,3-7,12H2,1-2H3/t8-/m0/s1. The third kappa shape index (κ3) is 2.48. The van der Waals surface area contributed by atoms with Gasteiger partial charge in [-0.05, 0) is 13.8 Å². The average Bonchev–Trinajstić information content (AvgIpc) is 2.80. The third-order valence-electron chi connectivity index (χ3n) is 2.96. The molecule has 6 heteroatoms. The number of hydrogen-bond acceptors (Lipinski definition) is 6. The number of hydrogen-bond donors (Lipinski definition) is 1. The predicted octanol–water partition coefficient (Wildman–Crippen LogP) is 1.13. The van der Waals surface area contributed by atoms with Crippen molar-refractivity contribution in [3.8, 4) is 0 Å². The zero-order valence-corrected chi connectivity index (χ0v) is 10.3. The van der Waals surface area contributed by atoms with Gasteiger partial charge in [0, 0.05) is 32.7 Å². The van der Waals surface area contributed by atoms with Crippen molar-refractivity contribution in [2.45, 2.75) is 38.3 Å². The summed E-state index contributed by atoms with van der Waals surface area (Å²) in [5.41, 5.74) is 5.24. The highest BCUT2D eigenvalue weighted by molar-refractivity contribution is 5.04. The van der Waals surface area contributed by atoms with Crippen molar-refractivity contribution < 1.29 is 14.0 Å². The Morgan fingerprint density at radius 3 is 2.71 bits per heavy atom. The lowest BCUT2D eigenvalue weighted by atomic mass is 9.93. The molecule has 0 saturated carbocycles. The van der Waals surface area contributed by atoms with Crippen molar-refractivity contribution in [2.24, 2.45) is 5.73 Å². The second kappa shape index (κ2) is 5.12. The summed E-state index contributed by atoms with van der Waals surface area (Å²) in [4.78, 5) is 4.34. The van der Waals surface area contributed by atoms with Crippen LogP contribution in [-0.4, -0.2) is 30.0 Å². The van der Waals surface area contributed by atoms with E-state index in [0.29, 0.717) is 31.5 Å². The molecular weight excluding hydrogens is 222 g/mol. The molecule has 0 unspecified atom stereocenters. The van der Waals surface area contributed by atoms with E-state index in [-0.39, 0.29) is 6.04 Å². The van der Waals surface area contributed by atoms with Gasteiger partial charge in [-0.25, -0.2) is 0 Å². The highest BCUT2D eigenvalue weighted by Gasteiger charge is 2.40. The van der Waals surface area contributed by atoms with E-state index in [4.69, 9.17) is 19.7 Å². The fourth-order valence-electron chi connectivity index (χ4n) is 2.02. The molecule has 17 heavy (non-hydrogen) atoms. The zero-order chi connectivity index (χ0) is 12.3. The Balaban J connectivity index is 2.24. The molecule has 0 radical (unpaired) electrons. The topological polar surface area (TPSA) is 83.4 Å². The van der Waals surface area contributed by atoms with Crippen LogP contribution in [0.15, 0.2) is 4.52 Å². The molecule has 2 rings (SSSR count). The van der Waals surface area contributed by atoms with E-state index in [9.17, 15) is 0 Å². The van der Waals surface area contributed by atoms with Crippen LogP contribution in [-0.2, 0) is 15.1 Å². The molecule has 6 nitrogen and oxygen atoms in total. The fraction of sp³-hybridized carbons (Fsp3) is 0.818. The Hall–Kier alpha value is -0.980. The summed E-state index contributed by atoms with van der Waals surface area (Å²) in [5, 5.41) is 4.01. The van der Waals surface area contributed by atoms with Gasteiger partial charge in [-0.3, -0.25) is 0 Å². The van der Waals surface area contributed by atoms with Crippen LogP contribution in [0.5, 0.6) is 0 Å². The molecule has 1 fully saturated rings. The van der Waals surface area contributed by atoms with Gasteiger partial charge in [0.1, 0.15) is 5.60 Å². The fourth-order valence-corrected chi connectivity index (χ4v) is 2.02. The summed E-state index contributed by atoms with van der Waals surface area (Å²) in [6.07, 6.45) is 1.50. The van der Waals surface area contributed by atoms with Crippen molar-refractivity contribution in [2.75, 3.05) is 19.8 Å². The highest BCUT2D eigenvalue weighted by atomic mass is 16.5. The van der Waals surface area contributed by atoms with Crippen LogP contribution in [0.4, 0.5) is 0 Å². The van der Waals surface area contributed by atoms with E-state index in [2.05, 4.69) is 10.1 Å². The van der Waals surface area contributed by atoms with Crippen molar-refractivity contribution in [3.63, 3.8) is 0 Å². The zero-order valence-electron chi connectivity index (χ0n) is 10.3. The maximum Gasteiger partial charge on any atom is 0.243 e.